The second-order valence-electron chi connectivity index (χ2n) is 6.28. The van der Waals surface area contributed by atoms with Gasteiger partial charge in [0.1, 0.15) is 6.54 Å². The first-order chi connectivity index (χ1) is 14.9. The topological polar surface area (TPSA) is 78.5 Å². The minimum Gasteiger partial charge on any atom is -0.301 e. The number of carbonyl (C=O) groups excluding carboxylic acids is 1. The molecule has 1 aromatic carbocycles. The summed E-state index contributed by atoms with van der Waals surface area (Å²) in [6, 6.07) is 13.2. The highest BCUT2D eigenvalue weighted by molar-refractivity contribution is 14.1. The van der Waals surface area contributed by atoms with Gasteiger partial charge < -0.3 is 5.32 Å². The van der Waals surface area contributed by atoms with Crippen LogP contribution in [0.5, 0.6) is 0 Å². The molecule has 1 fully saturated rings. The fourth-order valence-electron chi connectivity index (χ4n) is 2.81. The summed E-state index contributed by atoms with van der Waals surface area (Å²) >= 11 is 3.14. The molecule has 1 saturated heterocycles. The lowest BCUT2D eigenvalue weighted by molar-refractivity contribution is -0.913. The number of rotatable bonds is 4. The molecule has 2 aromatic heterocycles. The maximum Gasteiger partial charge on any atom is 0.353 e. The number of amidine groups is 1. The number of nitrogens with zero attached hydrogens (tertiary/aromatic N) is 3. The van der Waals surface area contributed by atoms with E-state index in [1.54, 1.807) is 12.3 Å². The Morgan fingerprint density at radius 3 is 2.84 bits per heavy atom. The zero-order chi connectivity index (χ0) is 22.4. The normalized spacial score (nSPS) is 16.3. The van der Waals surface area contributed by atoms with Gasteiger partial charge in [-0.3, -0.25) is 20.0 Å². The van der Waals surface area contributed by atoms with Gasteiger partial charge in [0.15, 0.2) is 5.17 Å². The molecular formula is C21H18F2IN4O2S+. The van der Waals surface area contributed by atoms with Gasteiger partial charge in [0.05, 0.1) is 10.4 Å². The molecule has 4 rings (SSSR count). The van der Waals surface area contributed by atoms with E-state index >= 15 is 0 Å². The van der Waals surface area contributed by atoms with Gasteiger partial charge >= 0.3 is 11.6 Å². The molecule has 10 heteroatoms. The Labute approximate surface area is 195 Å². The van der Waals surface area contributed by atoms with E-state index in [0.29, 0.717) is 9.64 Å². The van der Waals surface area contributed by atoms with Crippen molar-refractivity contribution in [2.45, 2.75) is 5.92 Å². The van der Waals surface area contributed by atoms with Crippen molar-refractivity contribution in [3.63, 3.8) is 0 Å². The second-order valence-corrected chi connectivity index (χ2v) is 7.31. The summed E-state index contributed by atoms with van der Waals surface area (Å²) in [5.74, 6) is -3.80. The Hall–Kier alpha value is -2.60. The van der Waals surface area contributed by atoms with Crippen LogP contribution in [0.15, 0.2) is 70.8 Å². The number of aromatic nitrogens is 2. The molecule has 1 aliphatic rings. The molecule has 0 saturated carbocycles. The van der Waals surface area contributed by atoms with Crippen molar-refractivity contribution in [3.8, 4) is 0 Å². The summed E-state index contributed by atoms with van der Waals surface area (Å²) in [4.78, 5) is 22.6. The summed E-state index contributed by atoms with van der Waals surface area (Å²) < 4.78 is 29.0. The average Bonchev–Trinajstić information content (AvgIpc) is 3.13. The van der Waals surface area contributed by atoms with Crippen LogP contribution in [0.4, 0.5) is 8.78 Å². The predicted octanol–water partition coefficient (Wildman–Crippen LogP) is 4.16. The highest BCUT2D eigenvalue weighted by atomic mass is 127. The molecule has 6 nitrogen and oxygen atoms in total. The third-order valence-electron chi connectivity index (χ3n) is 4.21. The molecule has 1 amide bonds. The van der Waals surface area contributed by atoms with Crippen molar-refractivity contribution < 1.29 is 23.5 Å². The lowest BCUT2D eigenvalue weighted by atomic mass is 10.1. The van der Waals surface area contributed by atoms with Gasteiger partial charge in [-0.2, -0.15) is 8.78 Å². The number of benzene rings is 1. The number of pyridine rings is 2. The molecule has 0 atom stereocenters. The zero-order valence-corrected chi connectivity index (χ0v) is 19.3. The van der Waals surface area contributed by atoms with Crippen LogP contribution in [-0.4, -0.2) is 32.7 Å². The minimum absolute atomic E-state index is 0.0869. The molecule has 160 valence electrons. The minimum atomic E-state index is -3.40. The van der Waals surface area contributed by atoms with Crippen LogP contribution >= 0.6 is 34.4 Å². The van der Waals surface area contributed by atoms with Crippen molar-refractivity contribution in [1.82, 2.24) is 10.3 Å². The molecule has 0 unspecified atom stereocenters. The smallest absolute Gasteiger partial charge is 0.301 e. The molecule has 0 radical (unpaired) electrons. The third kappa shape index (κ3) is 5.56. The highest BCUT2D eigenvalue weighted by Gasteiger charge is 2.41. The van der Waals surface area contributed by atoms with E-state index in [1.165, 1.54) is 12.1 Å². The van der Waals surface area contributed by atoms with E-state index in [4.69, 9.17) is 0 Å². The molecule has 1 aliphatic heterocycles. The van der Waals surface area contributed by atoms with Crippen molar-refractivity contribution >= 4 is 62.4 Å². The molecule has 0 bridgehead atoms. The summed E-state index contributed by atoms with van der Waals surface area (Å²) in [5, 5.41) is 13.1. The van der Waals surface area contributed by atoms with Crippen LogP contribution < -0.4 is 10.0 Å². The van der Waals surface area contributed by atoms with Gasteiger partial charge in [-0.25, -0.2) is 0 Å². The van der Waals surface area contributed by atoms with Crippen LogP contribution in [-0.2, 0) is 10.7 Å². The maximum absolute atomic E-state index is 14.3. The molecule has 2 N–H and O–H groups in total. The molecular weight excluding hydrogens is 537 g/mol. The van der Waals surface area contributed by atoms with Gasteiger partial charge in [-0.05, 0) is 52.6 Å². The monoisotopic (exact) mass is 555 g/mol. The number of carbonyl (C=O) groups is 1. The number of halogens is 3. The van der Waals surface area contributed by atoms with Crippen LogP contribution in [0.25, 0.3) is 17.0 Å². The molecule has 0 aliphatic carbocycles. The first-order valence-corrected chi connectivity index (χ1v) is 12.0. The number of thioether (sulfide) groups is 1. The Morgan fingerprint density at radius 1 is 1.26 bits per heavy atom. The third-order valence-corrected chi connectivity index (χ3v) is 5.16. The zero-order valence-electron chi connectivity index (χ0n) is 16.3. The van der Waals surface area contributed by atoms with Gasteiger partial charge in [0.2, 0.25) is 6.20 Å². The number of hydrogen-bond donors (Lipinski definition) is 2. The number of fused-ring (bicyclic) bond motifs is 1. The van der Waals surface area contributed by atoms with Crippen LogP contribution in [0, 0.1) is 0 Å². The number of aliphatic imine (C=N–C) groups is 1. The van der Waals surface area contributed by atoms with Crippen LogP contribution in [0.3, 0.4) is 0 Å². The SMILES string of the molecule is CI.O=C1NC(=NCC(F)(F)c2cccc[n+]2O)S/C1=C\c1ccc2ncccc2c1. The number of alkyl halides is 3. The summed E-state index contributed by atoms with van der Waals surface area (Å²) in [6.07, 6.45) is 4.49. The largest absolute Gasteiger partial charge is 0.353 e. The fraction of sp³-hybridized carbons (Fsp3) is 0.143. The lowest BCUT2D eigenvalue weighted by Gasteiger charge is -2.09. The quantitative estimate of drug-likeness (QED) is 0.167. The van der Waals surface area contributed by atoms with Gasteiger partial charge in [-0.15, -0.1) is 0 Å². The van der Waals surface area contributed by atoms with E-state index in [2.05, 4.69) is 37.9 Å². The Balaban J connectivity index is 0.00000132. The Bertz CT molecular complexity index is 1170. The van der Waals surface area contributed by atoms with E-state index in [0.717, 1.165) is 40.5 Å². The van der Waals surface area contributed by atoms with Gasteiger partial charge in [0.25, 0.3) is 5.91 Å². The summed E-state index contributed by atoms with van der Waals surface area (Å²) in [6.45, 7) is -0.908. The fourth-order valence-corrected chi connectivity index (χ4v) is 3.63. The van der Waals surface area contributed by atoms with Crippen molar-refractivity contribution in [2.24, 2.45) is 4.99 Å². The molecule has 3 heterocycles. The lowest BCUT2D eigenvalue weighted by Crippen LogP contribution is -2.41. The van der Waals surface area contributed by atoms with E-state index in [1.807, 2.05) is 35.3 Å². The van der Waals surface area contributed by atoms with Crippen molar-refractivity contribution in [1.29, 1.82) is 0 Å². The van der Waals surface area contributed by atoms with Crippen LogP contribution in [0.1, 0.15) is 11.3 Å². The summed E-state index contributed by atoms with van der Waals surface area (Å²) in [7, 11) is 0. The maximum atomic E-state index is 14.3. The van der Waals surface area contributed by atoms with E-state index < -0.39 is 24.1 Å². The van der Waals surface area contributed by atoms with E-state index in [-0.39, 0.29) is 5.17 Å². The van der Waals surface area contributed by atoms with Crippen molar-refractivity contribution in [2.75, 3.05) is 11.5 Å². The number of nitrogens with one attached hydrogen (secondary N) is 1. The van der Waals surface area contributed by atoms with Gasteiger partial charge in [0, 0.05) is 28.4 Å². The highest BCUT2D eigenvalue weighted by Crippen LogP contribution is 2.29. The Morgan fingerprint density at radius 2 is 2.06 bits per heavy atom. The van der Waals surface area contributed by atoms with E-state index in [9.17, 15) is 18.8 Å². The van der Waals surface area contributed by atoms with Gasteiger partial charge in [-0.1, -0.05) is 34.7 Å². The number of amides is 1. The molecule has 3 aromatic rings. The first kappa shape index (κ1) is 23.1. The molecule has 31 heavy (non-hydrogen) atoms. The average molecular weight is 555 g/mol. The number of hydrogen-bond acceptors (Lipinski definition) is 5. The Kier molecular flexibility index (Phi) is 7.55. The van der Waals surface area contributed by atoms with Crippen LogP contribution in [0.2, 0.25) is 0 Å². The summed E-state index contributed by atoms with van der Waals surface area (Å²) in [5.41, 5.74) is 1.05. The van der Waals surface area contributed by atoms with Crippen molar-refractivity contribution in [3.05, 3.63) is 77.1 Å². The predicted molar refractivity (Wildman–Crippen MR) is 125 cm³/mol. The standard InChI is InChI=1S/C20H14F2N4O2S.CH3I/c21-20(22,17-5-1-2-9-26(17)28)12-24-19-25-18(27)16(29-19)11-13-6-7-15-14(10-13)4-3-8-23-15;1-2/h1-11H,12H2,(H-,24,25,27,28);1H3/p+1/b16-11-;. The second kappa shape index (κ2) is 10.1. The first-order valence-electron chi connectivity index (χ1n) is 8.98. The molecule has 0 spiro atoms.